The van der Waals surface area contributed by atoms with Crippen LogP contribution >= 0.6 is 0 Å². The zero-order valence-corrected chi connectivity index (χ0v) is 14.1. The molecule has 1 atom stereocenters. The SMILES string of the molecule is CC(Cc1ccc(-n2ccc(N)nc2=O)cc1)N1CCC(N)CC1. The summed E-state index contributed by atoms with van der Waals surface area (Å²) in [5, 5.41) is 0. The van der Waals surface area contributed by atoms with Crippen LogP contribution in [0.2, 0.25) is 0 Å². The van der Waals surface area contributed by atoms with E-state index < -0.39 is 0 Å². The maximum absolute atomic E-state index is 11.9. The molecule has 1 aromatic heterocycles. The molecule has 4 N–H and O–H groups in total. The van der Waals surface area contributed by atoms with Crippen molar-refractivity contribution in [1.29, 1.82) is 0 Å². The van der Waals surface area contributed by atoms with Crippen molar-refractivity contribution in [2.45, 2.75) is 38.3 Å². The topological polar surface area (TPSA) is 90.2 Å². The number of rotatable bonds is 4. The van der Waals surface area contributed by atoms with E-state index in [4.69, 9.17) is 11.5 Å². The Morgan fingerprint density at radius 2 is 1.88 bits per heavy atom. The van der Waals surface area contributed by atoms with Crippen LogP contribution in [0.25, 0.3) is 5.69 Å². The van der Waals surface area contributed by atoms with Gasteiger partial charge in [0.2, 0.25) is 0 Å². The van der Waals surface area contributed by atoms with E-state index in [1.54, 1.807) is 12.3 Å². The predicted octanol–water partition coefficient (Wildman–Crippen LogP) is 1.17. The van der Waals surface area contributed by atoms with Gasteiger partial charge >= 0.3 is 5.69 Å². The fraction of sp³-hybridized carbons (Fsp3) is 0.444. The van der Waals surface area contributed by atoms with E-state index in [0.717, 1.165) is 38.0 Å². The van der Waals surface area contributed by atoms with Crippen LogP contribution in [0.3, 0.4) is 0 Å². The zero-order chi connectivity index (χ0) is 17.1. The lowest BCUT2D eigenvalue weighted by atomic mass is 10.0. The molecule has 1 aliphatic rings. The number of benzene rings is 1. The highest BCUT2D eigenvalue weighted by atomic mass is 16.1. The van der Waals surface area contributed by atoms with Crippen molar-refractivity contribution in [3.63, 3.8) is 0 Å². The number of likely N-dealkylation sites (tertiary alicyclic amines) is 1. The molecule has 1 fully saturated rings. The molecule has 0 bridgehead atoms. The van der Waals surface area contributed by atoms with Crippen molar-refractivity contribution in [1.82, 2.24) is 14.5 Å². The third-order valence-corrected chi connectivity index (χ3v) is 4.77. The number of nitrogens with zero attached hydrogens (tertiary/aromatic N) is 3. The first-order chi connectivity index (χ1) is 11.5. The average molecular weight is 327 g/mol. The van der Waals surface area contributed by atoms with Crippen LogP contribution in [0.4, 0.5) is 5.82 Å². The molecule has 2 heterocycles. The first-order valence-electron chi connectivity index (χ1n) is 8.47. The molecule has 0 saturated carbocycles. The lowest BCUT2D eigenvalue weighted by molar-refractivity contribution is 0.162. The second kappa shape index (κ2) is 7.15. The highest BCUT2D eigenvalue weighted by molar-refractivity contribution is 5.36. The van der Waals surface area contributed by atoms with Crippen LogP contribution in [-0.2, 0) is 6.42 Å². The zero-order valence-electron chi connectivity index (χ0n) is 14.1. The molecule has 6 heteroatoms. The van der Waals surface area contributed by atoms with E-state index in [2.05, 4.69) is 28.9 Å². The molecule has 1 saturated heterocycles. The molecule has 0 spiro atoms. The van der Waals surface area contributed by atoms with E-state index in [1.165, 1.54) is 10.1 Å². The number of anilines is 1. The van der Waals surface area contributed by atoms with Gasteiger partial charge in [0.25, 0.3) is 0 Å². The molecular weight excluding hydrogens is 302 g/mol. The van der Waals surface area contributed by atoms with Crippen LogP contribution in [0.1, 0.15) is 25.3 Å². The first-order valence-corrected chi connectivity index (χ1v) is 8.47. The summed E-state index contributed by atoms with van der Waals surface area (Å²) in [6.07, 6.45) is 4.80. The third kappa shape index (κ3) is 3.83. The Morgan fingerprint density at radius 3 is 2.50 bits per heavy atom. The molecule has 0 amide bonds. The third-order valence-electron chi connectivity index (χ3n) is 4.77. The Bertz CT molecular complexity index is 732. The smallest absolute Gasteiger partial charge is 0.354 e. The van der Waals surface area contributed by atoms with E-state index in [-0.39, 0.29) is 11.5 Å². The van der Waals surface area contributed by atoms with Gasteiger partial charge in [-0.05, 0) is 63.0 Å². The lowest BCUT2D eigenvalue weighted by Crippen LogP contribution is -2.44. The average Bonchev–Trinajstić information content (AvgIpc) is 2.56. The normalized spacial score (nSPS) is 17.8. The standard InChI is InChI=1S/C18H25N5O/c1-13(22-9-6-15(19)7-10-22)12-14-2-4-16(5-3-14)23-11-8-17(20)21-18(23)24/h2-5,8,11,13,15H,6-7,9-10,12,19H2,1H3,(H2,20,21,24). The fourth-order valence-electron chi connectivity index (χ4n) is 3.24. The van der Waals surface area contributed by atoms with Crippen molar-refractivity contribution in [3.05, 3.63) is 52.6 Å². The quantitative estimate of drug-likeness (QED) is 0.880. The van der Waals surface area contributed by atoms with Gasteiger partial charge in [0, 0.05) is 18.3 Å². The second-order valence-electron chi connectivity index (χ2n) is 6.60. The monoisotopic (exact) mass is 327 g/mol. The first kappa shape index (κ1) is 16.7. The Hall–Kier alpha value is -2.18. The molecular formula is C18H25N5O. The molecule has 3 rings (SSSR count). The van der Waals surface area contributed by atoms with E-state index in [1.807, 2.05) is 12.1 Å². The highest BCUT2D eigenvalue weighted by Gasteiger charge is 2.20. The number of piperidine rings is 1. The number of hydrogen-bond donors (Lipinski definition) is 2. The summed E-state index contributed by atoms with van der Waals surface area (Å²) < 4.78 is 1.50. The van der Waals surface area contributed by atoms with Crippen molar-refractivity contribution < 1.29 is 0 Å². The summed E-state index contributed by atoms with van der Waals surface area (Å²) in [5.74, 6) is 0.239. The van der Waals surface area contributed by atoms with Gasteiger partial charge in [0.05, 0.1) is 5.69 Å². The minimum Gasteiger partial charge on any atom is -0.383 e. The van der Waals surface area contributed by atoms with Crippen molar-refractivity contribution in [2.24, 2.45) is 5.73 Å². The van der Waals surface area contributed by atoms with Crippen LogP contribution < -0.4 is 17.2 Å². The molecule has 6 nitrogen and oxygen atoms in total. The fourth-order valence-corrected chi connectivity index (χ4v) is 3.24. The molecule has 1 unspecified atom stereocenters. The van der Waals surface area contributed by atoms with Gasteiger partial charge in [-0.2, -0.15) is 4.98 Å². The van der Waals surface area contributed by atoms with Gasteiger partial charge < -0.3 is 16.4 Å². The maximum Gasteiger partial charge on any atom is 0.354 e. The number of hydrogen-bond acceptors (Lipinski definition) is 5. The molecule has 2 aromatic rings. The van der Waals surface area contributed by atoms with Gasteiger partial charge in [0.1, 0.15) is 5.82 Å². The van der Waals surface area contributed by atoms with Gasteiger partial charge in [-0.3, -0.25) is 4.57 Å². The Kier molecular flexibility index (Phi) is 4.97. The largest absolute Gasteiger partial charge is 0.383 e. The highest BCUT2D eigenvalue weighted by Crippen LogP contribution is 2.16. The van der Waals surface area contributed by atoms with Crippen LogP contribution in [-0.4, -0.2) is 39.6 Å². The Morgan fingerprint density at radius 1 is 1.21 bits per heavy atom. The van der Waals surface area contributed by atoms with Gasteiger partial charge in [-0.15, -0.1) is 0 Å². The van der Waals surface area contributed by atoms with Gasteiger partial charge in [-0.1, -0.05) is 12.1 Å². The van der Waals surface area contributed by atoms with E-state index >= 15 is 0 Å². The summed E-state index contributed by atoms with van der Waals surface area (Å²) in [4.78, 5) is 18.2. The second-order valence-corrected chi connectivity index (χ2v) is 6.60. The predicted molar refractivity (Wildman–Crippen MR) is 96.2 cm³/mol. The van der Waals surface area contributed by atoms with Crippen LogP contribution in [0.5, 0.6) is 0 Å². The number of nitrogen functional groups attached to an aromatic ring is 1. The van der Waals surface area contributed by atoms with Crippen LogP contribution in [0, 0.1) is 0 Å². The Labute approximate surface area is 142 Å². The number of nitrogens with two attached hydrogens (primary N) is 2. The summed E-state index contributed by atoms with van der Waals surface area (Å²) in [7, 11) is 0. The van der Waals surface area contributed by atoms with Crippen molar-refractivity contribution in [2.75, 3.05) is 18.8 Å². The lowest BCUT2D eigenvalue weighted by Gasteiger charge is -2.35. The summed E-state index contributed by atoms with van der Waals surface area (Å²) in [6.45, 7) is 4.42. The van der Waals surface area contributed by atoms with E-state index in [9.17, 15) is 4.79 Å². The van der Waals surface area contributed by atoms with Crippen molar-refractivity contribution >= 4 is 5.82 Å². The number of aromatic nitrogens is 2. The molecule has 128 valence electrons. The Balaban J connectivity index is 1.67. The van der Waals surface area contributed by atoms with Gasteiger partial charge in [-0.25, -0.2) is 4.79 Å². The van der Waals surface area contributed by atoms with Crippen LogP contribution in [0.15, 0.2) is 41.3 Å². The molecule has 0 radical (unpaired) electrons. The molecule has 0 aliphatic carbocycles. The molecule has 1 aliphatic heterocycles. The minimum atomic E-state index is -0.360. The minimum absolute atomic E-state index is 0.239. The van der Waals surface area contributed by atoms with Crippen molar-refractivity contribution in [3.8, 4) is 5.69 Å². The molecule has 24 heavy (non-hydrogen) atoms. The summed E-state index contributed by atoms with van der Waals surface area (Å²) in [6, 6.07) is 10.5. The molecule has 1 aromatic carbocycles. The van der Waals surface area contributed by atoms with Gasteiger partial charge in [0.15, 0.2) is 0 Å². The summed E-state index contributed by atoms with van der Waals surface area (Å²) >= 11 is 0. The summed E-state index contributed by atoms with van der Waals surface area (Å²) in [5.41, 5.74) is 13.2. The van der Waals surface area contributed by atoms with E-state index in [0.29, 0.717) is 12.1 Å². The maximum atomic E-state index is 11.9.